The van der Waals surface area contributed by atoms with Gasteiger partial charge in [-0.25, -0.2) is 4.98 Å². The van der Waals surface area contributed by atoms with Crippen LogP contribution in [0.4, 0.5) is 0 Å². The predicted molar refractivity (Wildman–Crippen MR) is 103 cm³/mol. The Morgan fingerprint density at radius 2 is 2.04 bits per heavy atom. The number of piperidine rings is 1. The van der Waals surface area contributed by atoms with Crippen LogP contribution in [0, 0.1) is 5.92 Å². The van der Waals surface area contributed by atoms with Crippen LogP contribution >= 0.6 is 11.6 Å². The largest absolute Gasteiger partial charge is 0.441 e. The maximum atomic E-state index is 12.4. The fourth-order valence-electron chi connectivity index (χ4n) is 3.26. The smallest absolute Gasteiger partial charge is 0.223 e. The third-order valence-corrected chi connectivity index (χ3v) is 5.18. The molecule has 1 aromatic heterocycles. The minimum absolute atomic E-state index is 0.00406. The molecular formula is C20H24ClN3O3. The second kappa shape index (κ2) is 9.04. The SMILES string of the molecule is CC(=O)NCC1CCN(C(=O)CCc2ncc(-c3ccccc3Cl)o2)CC1. The average molecular weight is 390 g/mol. The Morgan fingerprint density at radius 3 is 2.74 bits per heavy atom. The zero-order valence-electron chi connectivity index (χ0n) is 15.4. The van der Waals surface area contributed by atoms with E-state index in [1.165, 1.54) is 6.92 Å². The number of carbonyl (C=O) groups is 2. The third-order valence-electron chi connectivity index (χ3n) is 4.85. The fourth-order valence-corrected chi connectivity index (χ4v) is 3.49. The van der Waals surface area contributed by atoms with Crippen molar-refractivity contribution in [2.75, 3.05) is 19.6 Å². The molecule has 0 aliphatic carbocycles. The number of aryl methyl sites for hydroxylation is 1. The van der Waals surface area contributed by atoms with Crippen molar-refractivity contribution in [2.24, 2.45) is 5.92 Å². The first kappa shape index (κ1) is 19.4. The van der Waals surface area contributed by atoms with Crippen LogP contribution in [0.3, 0.4) is 0 Å². The molecule has 7 heteroatoms. The van der Waals surface area contributed by atoms with E-state index in [0.29, 0.717) is 42.0 Å². The van der Waals surface area contributed by atoms with Crippen molar-refractivity contribution in [3.63, 3.8) is 0 Å². The summed E-state index contributed by atoms with van der Waals surface area (Å²) in [6, 6.07) is 7.44. The zero-order chi connectivity index (χ0) is 19.2. The van der Waals surface area contributed by atoms with Crippen molar-refractivity contribution in [2.45, 2.75) is 32.6 Å². The Morgan fingerprint density at radius 1 is 1.30 bits per heavy atom. The molecule has 1 saturated heterocycles. The van der Waals surface area contributed by atoms with Crippen molar-refractivity contribution in [3.8, 4) is 11.3 Å². The first-order chi connectivity index (χ1) is 13.0. The molecule has 27 heavy (non-hydrogen) atoms. The van der Waals surface area contributed by atoms with E-state index in [4.69, 9.17) is 16.0 Å². The number of halogens is 1. The number of hydrogen-bond donors (Lipinski definition) is 1. The minimum atomic E-state index is -0.00406. The topological polar surface area (TPSA) is 75.4 Å². The van der Waals surface area contributed by atoms with E-state index < -0.39 is 0 Å². The van der Waals surface area contributed by atoms with Crippen LogP contribution in [0.5, 0.6) is 0 Å². The Kier molecular flexibility index (Phi) is 6.50. The van der Waals surface area contributed by atoms with Gasteiger partial charge in [-0.3, -0.25) is 9.59 Å². The lowest BCUT2D eigenvalue weighted by Crippen LogP contribution is -2.41. The third kappa shape index (κ3) is 5.32. The highest BCUT2D eigenvalue weighted by molar-refractivity contribution is 6.33. The van der Waals surface area contributed by atoms with Crippen LogP contribution in [0.1, 0.15) is 32.1 Å². The van der Waals surface area contributed by atoms with E-state index in [0.717, 1.165) is 31.5 Å². The number of nitrogens with one attached hydrogen (secondary N) is 1. The molecule has 1 aromatic carbocycles. The van der Waals surface area contributed by atoms with Crippen LogP contribution < -0.4 is 5.32 Å². The van der Waals surface area contributed by atoms with E-state index in [-0.39, 0.29) is 11.8 Å². The summed E-state index contributed by atoms with van der Waals surface area (Å²) in [4.78, 5) is 29.6. The van der Waals surface area contributed by atoms with E-state index >= 15 is 0 Å². The Balaban J connectivity index is 1.46. The Bertz CT molecular complexity index is 797. The van der Waals surface area contributed by atoms with E-state index in [1.54, 1.807) is 12.3 Å². The second-order valence-electron chi connectivity index (χ2n) is 6.86. The standard InChI is InChI=1S/C20H24ClN3O3/c1-14(25)22-12-15-8-10-24(11-9-15)20(26)7-6-19-23-13-18(27-19)16-4-2-3-5-17(16)21/h2-5,13,15H,6-12H2,1H3,(H,22,25). The molecule has 3 rings (SSSR count). The van der Waals surface area contributed by atoms with Crippen LogP contribution in [0.15, 0.2) is 34.9 Å². The lowest BCUT2D eigenvalue weighted by Gasteiger charge is -2.32. The summed E-state index contributed by atoms with van der Waals surface area (Å²) in [5.74, 6) is 1.71. The normalized spacial score (nSPS) is 15.0. The summed E-state index contributed by atoms with van der Waals surface area (Å²) in [7, 11) is 0. The number of amides is 2. The summed E-state index contributed by atoms with van der Waals surface area (Å²) in [6.45, 7) is 3.69. The van der Waals surface area contributed by atoms with Gasteiger partial charge in [0.05, 0.1) is 11.2 Å². The number of carbonyl (C=O) groups excluding carboxylic acids is 2. The fraction of sp³-hybridized carbons (Fsp3) is 0.450. The Hall–Kier alpha value is -2.34. The van der Waals surface area contributed by atoms with Gasteiger partial charge in [0.15, 0.2) is 11.7 Å². The molecule has 1 aliphatic rings. The van der Waals surface area contributed by atoms with Gasteiger partial charge in [-0.05, 0) is 30.9 Å². The van der Waals surface area contributed by atoms with Crippen LogP contribution in [0.2, 0.25) is 5.02 Å². The first-order valence-corrected chi connectivity index (χ1v) is 9.62. The van der Waals surface area contributed by atoms with E-state index in [2.05, 4.69) is 10.3 Å². The molecule has 0 radical (unpaired) electrons. The highest BCUT2D eigenvalue weighted by Gasteiger charge is 2.23. The highest BCUT2D eigenvalue weighted by atomic mass is 35.5. The van der Waals surface area contributed by atoms with Gasteiger partial charge in [-0.15, -0.1) is 0 Å². The number of hydrogen-bond acceptors (Lipinski definition) is 4. The highest BCUT2D eigenvalue weighted by Crippen LogP contribution is 2.28. The van der Waals surface area contributed by atoms with Crippen molar-refractivity contribution in [1.82, 2.24) is 15.2 Å². The predicted octanol–water partition coefficient (Wildman–Crippen LogP) is 3.30. The van der Waals surface area contributed by atoms with Gasteiger partial charge in [0.2, 0.25) is 11.8 Å². The zero-order valence-corrected chi connectivity index (χ0v) is 16.2. The van der Waals surface area contributed by atoms with Crippen molar-refractivity contribution >= 4 is 23.4 Å². The van der Waals surface area contributed by atoms with Crippen LogP contribution in [0.25, 0.3) is 11.3 Å². The number of rotatable bonds is 6. The van der Waals surface area contributed by atoms with Gasteiger partial charge >= 0.3 is 0 Å². The van der Waals surface area contributed by atoms with Gasteiger partial charge < -0.3 is 14.6 Å². The lowest BCUT2D eigenvalue weighted by molar-refractivity contribution is -0.132. The number of benzene rings is 1. The minimum Gasteiger partial charge on any atom is -0.441 e. The molecule has 2 amide bonds. The van der Waals surface area contributed by atoms with Gasteiger partial charge in [0, 0.05) is 45.0 Å². The molecule has 2 heterocycles. The molecule has 0 atom stereocenters. The van der Waals surface area contributed by atoms with Crippen LogP contribution in [-0.2, 0) is 16.0 Å². The number of oxazole rings is 1. The number of likely N-dealkylation sites (tertiary alicyclic amines) is 1. The monoisotopic (exact) mass is 389 g/mol. The average Bonchev–Trinajstić information content (AvgIpc) is 3.14. The summed E-state index contributed by atoms with van der Waals surface area (Å²) in [5.41, 5.74) is 0.797. The molecule has 1 aliphatic heterocycles. The molecule has 1 N–H and O–H groups in total. The number of nitrogens with zero attached hydrogens (tertiary/aromatic N) is 2. The molecule has 0 spiro atoms. The van der Waals surface area contributed by atoms with E-state index in [9.17, 15) is 9.59 Å². The van der Waals surface area contributed by atoms with Crippen molar-refractivity contribution < 1.29 is 14.0 Å². The first-order valence-electron chi connectivity index (χ1n) is 9.24. The van der Waals surface area contributed by atoms with Crippen LogP contribution in [-0.4, -0.2) is 41.3 Å². The summed E-state index contributed by atoms with van der Waals surface area (Å²) >= 11 is 6.18. The maximum Gasteiger partial charge on any atom is 0.223 e. The van der Waals surface area contributed by atoms with Crippen molar-refractivity contribution in [1.29, 1.82) is 0 Å². The van der Waals surface area contributed by atoms with Gasteiger partial charge in [0.1, 0.15) is 0 Å². The molecular weight excluding hydrogens is 366 g/mol. The van der Waals surface area contributed by atoms with Gasteiger partial charge in [-0.1, -0.05) is 23.7 Å². The molecule has 0 unspecified atom stereocenters. The molecule has 1 fully saturated rings. The van der Waals surface area contributed by atoms with E-state index in [1.807, 2.05) is 23.1 Å². The lowest BCUT2D eigenvalue weighted by atomic mass is 9.96. The quantitative estimate of drug-likeness (QED) is 0.822. The molecule has 0 bridgehead atoms. The summed E-state index contributed by atoms with van der Waals surface area (Å²) in [6.07, 6.45) is 4.33. The van der Waals surface area contributed by atoms with Crippen molar-refractivity contribution in [3.05, 3.63) is 41.4 Å². The summed E-state index contributed by atoms with van der Waals surface area (Å²) in [5, 5.41) is 3.46. The number of aromatic nitrogens is 1. The maximum absolute atomic E-state index is 12.4. The van der Waals surface area contributed by atoms with Gasteiger partial charge in [0.25, 0.3) is 0 Å². The molecule has 144 valence electrons. The second-order valence-corrected chi connectivity index (χ2v) is 7.27. The summed E-state index contributed by atoms with van der Waals surface area (Å²) < 4.78 is 5.75. The molecule has 0 saturated carbocycles. The van der Waals surface area contributed by atoms with Gasteiger partial charge in [-0.2, -0.15) is 0 Å². The molecule has 2 aromatic rings. The molecule has 6 nitrogen and oxygen atoms in total. The Labute approximate surface area is 163 Å².